The number of hydrazone groups is 1. The van der Waals surface area contributed by atoms with Gasteiger partial charge in [-0.3, -0.25) is 14.4 Å². The number of fused-ring (bicyclic) bond motifs is 1. The second-order valence-electron chi connectivity index (χ2n) is 10.6. The lowest BCUT2D eigenvalue weighted by Crippen LogP contribution is -2.61. The van der Waals surface area contributed by atoms with Gasteiger partial charge in [0.1, 0.15) is 11.5 Å². The van der Waals surface area contributed by atoms with E-state index in [9.17, 15) is 23.2 Å². The van der Waals surface area contributed by atoms with E-state index in [4.69, 9.17) is 10.5 Å². The van der Waals surface area contributed by atoms with E-state index in [1.165, 1.54) is 24.9 Å². The molecule has 2 aliphatic heterocycles. The summed E-state index contributed by atoms with van der Waals surface area (Å²) < 4.78 is 32.5. The summed E-state index contributed by atoms with van der Waals surface area (Å²) in [4.78, 5) is 41.5. The molecule has 0 radical (unpaired) electrons. The molecule has 1 saturated heterocycles. The summed E-state index contributed by atoms with van der Waals surface area (Å²) in [6, 6.07) is 11.8. The molecule has 2 atom stereocenters. The summed E-state index contributed by atoms with van der Waals surface area (Å²) in [6.45, 7) is 3.06. The van der Waals surface area contributed by atoms with Crippen LogP contribution in [0.25, 0.3) is 0 Å². The standard InChI is InChI=1S/C28H33F2N5O4/c1-27(2,31)25(37)32-22(16-39-15-19-9-10-20(29)21(30)13-19)24(36)35-12-11-23-28(17-35,26(38)34(3)33-23)14-18-7-5-4-6-8-18/h4-10,13,22H,11-12,14-17,31H2,1-3H3,(H,32,37)/t22-,28?/m1/s1. The normalized spacial score (nSPS) is 19.9. The van der Waals surface area contributed by atoms with Gasteiger partial charge < -0.3 is 20.7 Å². The van der Waals surface area contributed by atoms with Crippen molar-refractivity contribution in [2.24, 2.45) is 16.3 Å². The molecular formula is C28H33F2N5O4. The van der Waals surface area contributed by atoms with Gasteiger partial charge in [0.05, 0.1) is 24.5 Å². The van der Waals surface area contributed by atoms with Gasteiger partial charge in [0, 0.05) is 26.6 Å². The molecule has 0 saturated carbocycles. The van der Waals surface area contributed by atoms with E-state index in [1.807, 2.05) is 30.3 Å². The number of piperidine rings is 1. The highest BCUT2D eigenvalue weighted by molar-refractivity contribution is 6.13. The number of amides is 3. The molecule has 9 nitrogen and oxygen atoms in total. The third-order valence-electron chi connectivity index (χ3n) is 6.99. The summed E-state index contributed by atoms with van der Waals surface area (Å²) >= 11 is 0. The highest BCUT2D eigenvalue weighted by Gasteiger charge is 2.54. The quantitative estimate of drug-likeness (QED) is 0.504. The zero-order valence-corrected chi connectivity index (χ0v) is 22.2. The smallest absolute Gasteiger partial charge is 0.256 e. The Balaban J connectivity index is 1.54. The Morgan fingerprint density at radius 3 is 2.54 bits per heavy atom. The van der Waals surface area contributed by atoms with E-state index in [1.54, 1.807) is 11.9 Å². The first kappa shape index (κ1) is 28.3. The number of carbonyl (C=O) groups excluding carboxylic acids is 3. The van der Waals surface area contributed by atoms with Crippen LogP contribution in [0.15, 0.2) is 53.6 Å². The first-order chi connectivity index (χ1) is 18.4. The maximum absolute atomic E-state index is 13.8. The number of nitrogens with one attached hydrogen (secondary N) is 1. The van der Waals surface area contributed by atoms with Crippen molar-refractivity contribution in [3.8, 4) is 0 Å². The molecular weight excluding hydrogens is 508 g/mol. The first-order valence-electron chi connectivity index (χ1n) is 12.7. The Bertz CT molecular complexity index is 1280. The van der Waals surface area contributed by atoms with Crippen LogP contribution in [0.1, 0.15) is 31.4 Å². The number of nitrogens with zero attached hydrogens (tertiary/aromatic N) is 3. The van der Waals surface area contributed by atoms with E-state index in [0.29, 0.717) is 24.9 Å². The predicted octanol–water partition coefficient (Wildman–Crippen LogP) is 1.99. The maximum atomic E-state index is 13.8. The number of hydrogen-bond donors (Lipinski definition) is 2. The van der Waals surface area contributed by atoms with Crippen LogP contribution < -0.4 is 11.1 Å². The van der Waals surface area contributed by atoms with Crippen molar-refractivity contribution in [2.45, 2.75) is 44.9 Å². The number of hydrogen-bond acceptors (Lipinski definition) is 6. The van der Waals surface area contributed by atoms with E-state index in [-0.39, 0.29) is 25.7 Å². The maximum Gasteiger partial charge on any atom is 0.256 e. The third-order valence-corrected chi connectivity index (χ3v) is 6.99. The zero-order chi connectivity index (χ0) is 28.4. The van der Waals surface area contributed by atoms with Gasteiger partial charge in [-0.15, -0.1) is 0 Å². The van der Waals surface area contributed by atoms with Crippen molar-refractivity contribution < 1.29 is 27.9 Å². The number of nitrogens with two attached hydrogens (primary N) is 1. The topological polar surface area (TPSA) is 117 Å². The number of likely N-dealkylation sites (tertiary alicyclic amines) is 1. The van der Waals surface area contributed by atoms with Gasteiger partial charge in [-0.25, -0.2) is 13.8 Å². The minimum atomic E-state index is -1.26. The lowest BCUT2D eigenvalue weighted by molar-refractivity contribution is -0.143. The second-order valence-corrected chi connectivity index (χ2v) is 10.6. The van der Waals surface area contributed by atoms with Gasteiger partial charge in [0.2, 0.25) is 11.8 Å². The molecule has 2 heterocycles. The molecule has 4 rings (SSSR count). The van der Waals surface area contributed by atoms with Gasteiger partial charge in [0.15, 0.2) is 11.6 Å². The van der Waals surface area contributed by atoms with Crippen LogP contribution in [0, 0.1) is 17.0 Å². The number of rotatable bonds is 9. The Hall–Kier alpha value is -3.70. The minimum absolute atomic E-state index is 0.0876. The highest BCUT2D eigenvalue weighted by Crippen LogP contribution is 2.38. The molecule has 0 spiro atoms. The van der Waals surface area contributed by atoms with E-state index in [2.05, 4.69) is 10.4 Å². The summed E-state index contributed by atoms with van der Waals surface area (Å²) in [6.07, 6.45) is 0.770. The molecule has 39 heavy (non-hydrogen) atoms. The fourth-order valence-corrected chi connectivity index (χ4v) is 4.88. The van der Waals surface area contributed by atoms with Gasteiger partial charge in [-0.05, 0) is 43.5 Å². The van der Waals surface area contributed by atoms with Crippen LogP contribution >= 0.6 is 0 Å². The third kappa shape index (κ3) is 6.15. The fourth-order valence-electron chi connectivity index (χ4n) is 4.88. The van der Waals surface area contributed by atoms with Crippen molar-refractivity contribution in [3.63, 3.8) is 0 Å². The molecule has 0 aliphatic carbocycles. The molecule has 1 fully saturated rings. The van der Waals surface area contributed by atoms with Gasteiger partial charge >= 0.3 is 0 Å². The molecule has 2 aromatic rings. The van der Waals surface area contributed by atoms with Crippen LogP contribution in [0.5, 0.6) is 0 Å². The van der Waals surface area contributed by atoms with Crippen molar-refractivity contribution in [3.05, 3.63) is 71.3 Å². The Kier molecular flexibility index (Phi) is 8.12. The average Bonchev–Trinajstić information content (AvgIpc) is 3.14. The monoisotopic (exact) mass is 541 g/mol. The summed E-state index contributed by atoms with van der Waals surface area (Å²) in [7, 11) is 1.60. The summed E-state index contributed by atoms with van der Waals surface area (Å²) in [5.74, 6) is -3.19. The molecule has 3 N–H and O–H groups in total. The number of halogens is 2. The van der Waals surface area contributed by atoms with Crippen LogP contribution in [0.4, 0.5) is 8.78 Å². The summed E-state index contributed by atoms with van der Waals surface area (Å²) in [5, 5.41) is 8.46. The number of carbonyl (C=O) groups is 3. The molecule has 1 unspecified atom stereocenters. The van der Waals surface area contributed by atoms with E-state index in [0.717, 1.165) is 23.4 Å². The lowest BCUT2D eigenvalue weighted by atomic mass is 9.73. The van der Waals surface area contributed by atoms with Crippen molar-refractivity contribution in [1.82, 2.24) is 15.2 Å². The second kappa shape index (κ2) is 11.2. The van der Waals surface area contributed by atoms with Crippen LogP contribution in [-0.2, 0) is 32.1 Å². The molecule has 2 aliphatic rings. The lowest BCUT2D eigenvalue weighted by Gasteiger charge is -2.40. The average molecular weight is 542 g/mol. The predicted molar refractivity (Wildman–Crippen MR) is 140 cm³/mol. The van der Waals surface area contributed by atoms with Crippen molar-refractivity contribution in [2.75, 3.05) is 26.7 Å². The highest BCUT2D eigenvalue weighted by atomic mass is 19.2. The van der Waals surface area contributed by atoms with Crippen LogP contribution in [0.3, 0.4) is 0 Å². The van der Waals surface area contributed by atoms with Crippen molar-refractivity contribution >= 4 is 23.4 Å². The molecule has 2 aromatic carbocycles. The molecule has 208 valence electrons. The number of ether oxygens (including phenoxy) is 1. The molecule has 0 bridgehead atoms. The molecule has 0 aromatic heterocycles. The largest absolute Gasteiger partial charge is 0.374 e. The van der Waals surface area contributed by atoms with Gasteiger partial charge in [-0.2, -0.15) is 5.10 Å². The van der Waals surface area contributed by atoms with Crippen LogP contribution in [-0.4, -0.2) is 71.7 Å². The molecule has 3 amide bonds. The molecule has 11 heteroatoms. The Labute approximate surface area is 226 Å². The van der Waals surface area contributed by atoms with Crippen LogP contribution in [0.2, 0.25) is 0 Å². The van der Waals surface area contributed by atoms with Crippen molar-refractivity contribution in [1.29, 1.82) is 0 Å². The minimum Gasteiger partial charge on any atom is -0.374 e. The van der Waals surface area contributed by atoms with E-state index >= 15 is 0 Å². The SMILES string of the molecule is CN1N=C2CCN(C(=O)[C@@H](COCc3ccc(F)c(F)c3)NC(=O)C(C)(C)N)CC2(Cc2ccccc2)C1=O. The first-order valence-corrected chi connectivity index (χ1v) is 12.7. The summed E-state index contributed by atoms with van der Waals surface area (Å²) in [5.41, 5.74) is 5.69. The Morgan fingerprint density at radius 2 is 1.87 bits per heavy atom. The van der Waals surface area contributed by atoms with Gasteiger partial charge in [-0.1, -0.05) is 36.4 Å². The fraction of sp³-hybridized carbons (Fsp3) is 0.429. The van der Waals surface area contributed by atoms with E-state index < -0.39 is 40.4 Å². The van der Waals surface area contributed by atoms with Gasteiger partial charge in [0.25, 0.3) is 5.91 Å². The number of benzene rings is 2. The zero-order valence-electron chi connectivity index (χ0n) is 22.2. The Morgan fingerprint density at radius 1 is 1.15 bits per heavy atom.